The number of para-hydroxylation sites is 1. The minimum Gasteiger partial charge on any atom is -0.289 e. The van der Waals surface area contributed by atoms with Gasteiger partial charge in [0.1, 0.15) is 6.54 Å². The molecule has 3 aromatic carbocycles. The van der Waals surface area contributed by atoms with Gasteiger partial charge in [0.2, 0.25) is 0 Å². The van der Waals surface area contributed by atoms with E-state index in [2.05, 4.69) is 0 Å². The number of nitrogens with zero attached hydrogens (tertiary/aromatic N) is 2. The first-order chi connectivity index (χ1) is 13.4. The standard InChI is InChI=1S/C22H18N2O3S/c1-17-11-13-18(14-12-17)22(25)20-9-5-6-10-21(20)24(16-15-23)28(26,27)19-7-3-2-4-8-19/h2-14H,16H2,1H3. The summed E-state index contributed by atoms with van der Waals surface area (Å²) in [6, 6.07) is 23.2. The van der Waals surface area contributed by atoms with Gasteiger partial charge in [0.25, 0.3) is 10.0 Å². The molecule has 0 fully saturated rings. The maximum atomic E-state index is 13.1. The second-order valence-corrected chi connectivity index (χ2v) is 8.06. The van der Waals surface area contributed by atoms with Crippen LogP contribution in [0.1, 0.15) is 21.5 Å². The summed E-state index contributed by atoms with van der Waals surface area (Å²) in [5, 5.41) is 9.24. The number of carbonyl (C=O) groups is 1. The van der Waals surface area contributed by atoms with E-state index in [4.69, 9.17) is 0 Å². The molecule has 0 aliphatic rings. The first-order valence-electron chi connectivity index (χ1n) is 8.60. The van der Waals surface area contributed by atoms with E-state index in [1.165, 1.54) is 12.1 Å². The largest absolute Gasteiger partial charge is 0.289 e. The summed E-state index contributed by atoms with van der Waals surface area (Å²) >= 11 is 0. The molecule has 0 atom stereocenters. The first-order valence-corrected chi connectivity index (χ1v) is 10.0. The fourth-order valence-corrected chi connectivity index (χ4v) is 4.23. The average molecular weight is 390 g/mol. The van der Waals surface area contributed by atoms with Gasteiger partial charge in [-0.05, 0) is 31.2 Å². The molecule has 3 rings (SSSR count). The molecule has 0 bridgehead atoms. The summed E-state index contributed by atoms with van der Waals surface area (Å²) in [4.78, 5) is 13.1. The predicted molar refractivity (Wildman–Crippen MR) is 108 cm³/mol. The number of carbonyl (C=O) groups excluding carboxylic acids is 1. The lowest BCUT2D eigenvalue weighted by Gasteiger charge is -2.24. The lowest BCUT2D eigenvalue weighted by atomic mass is 10.0. The number of sulfonamides is 1. The highest BCUT2D eigenvalue weighted by molar-refractivity contribution is 7.92. The third-order valence-electron chi connectivity index (χ3n) is 4.28. The van der Waals surface area contributed by atoms with Gasteiger partial charge in [-0.2, -0.15) is 5.26 Å². The van der Waals surface area contributed by atoms with E-state index in [9.17, 15) is 18.5 Å². The third kappa shape index (κ3) is 3.80. The molecule has 0 aliphatic carbocycles. The average Bonchev–Trinajstić information content (AvgIpc) is 2.72. The highest BCUT2D eigenvalue weighted by Crippen LogP contribution is 2.28. The Morgan fingerprint density at radius 2 is 1.54 bits per heavy atom. The van der Waals surface area contributed by atoms with Crippen molar-refractivity contribution in [2.24, 2.45) is 0 Å². The number of aryl methyl sites for hydroxylation is 1. The zero-order valence-corrected chi connectivity index (χ0v) is 16.1. The highest BCUT2D eigenvalue weighted by Gasteiger charge is 2.28. The molecule has 3 aromatic rings. The van der Waals surface area contributed by atoms with E-state index in [1.54, 1.807) is 54.6 Å². The normalized spacial score (nSPS) is 10.9. The summed E-state index contributed by atoms with van der Waals surface area (Å²) in [5.74, 6) is -0.304. The molecule has 0 unspecified atom stereocenters. The van der Waals surface area contributed by atoms with Crippen LogP contribution >= 0.6 is 0 Å². The molecule has 6 heteroatoms. The second kappa shape index (κ2) is 8.07. The fourth-order valence-electron chi connectivity index (χ4n) is 2.83. The van der Waals surface area contributed by atoms with Crippen LogP contribution in [0.4, 0.5) is 5.69 Å². The van der Waals surface area contributed by atoms with Crippen molar-refractivity contribution < 1.29 is 13.2 Å². The summed E-state index contributed by atoms with van der Waals surface area (Å²) < 4.78 is 27.3. The van der Waals surface area contributed by atoms with Crippen LogP contribution in [0.25, 0.3) is 0 Å². The van der Waals surface area contributed by atoms with Gasteiger partial charge in [0, 0.05) is 11.1 Å². The molecule has 0 aromatic heterocycles. The lowest BCUT2D eigenvalue weighted by Crippen LogP contribution is -2.32. The molecule has 0 saturated carbocycles. The smallest absolute Gasteiger partial charge is 0.265 e. The molecule has 0 amide bonds. The maximum absolute atomic E-state index is 13.1. The third-order valence-corrected chi connectivity index (χ3v) is 6.05. The second-order valence-electron chi connectivity index (χ2n) is 6.20. The van der Waals surface area contributed by atoms with Gasteiger partial charge < -0.3 is 0 Å². The number of nitriles is 1. The van der Waals surface area contributed by atoms with Gasteiger partial charge in [0.15, 0.2) is 5.78 Å². The predicted octanol–water partition coefficient (Wildman–Crippen LogP) is 3.94. The molecule has 0 N–H and O–H groups in total. The maximum Gasteiger partial charge on any atom is 0.265 e. The summed E-state index contributed by atoms with van der Waals surface area (Å²) in [7, 11) is -4.00. The summed E-state index contributed by atoms with van der Waals surface area (Å²) in [5.41, 5.74) is 1.87. The molecule has 140 valence electrons. The Morgan fingerprint density at radius 3 is 2.18 bits per heavy atom. The number of anilines is 1. The number of benzene rings is 3. The summed E-state index contributed by atoms with van der Waals surface area (Å²) in [6.45, 7) is 1.51. The van der Waals surface area contributed by atoms with Crippen molar-refractivity contribution >= 4 is 21.5 Å². The lowest BCUT2D eigenvalue weighted by molar-refractivity contribution is 0.103. The molecule has 0 saturated heterocycles. The van der Waals surface area contributed by atoms with Crippen LogP contribution in [-0.4, -0.2) is 20.7 Å². The van der Waals surface area contributed by atoms with Crippen molar-refractivity contribution in [3.8, 4) is 6.07 Å². The van der Waals surface area contributed by atoms with E-state index in [0.717, 1.165) is 9.87 Å². The van der Waals surface area contributed by atoms with Crippen molar-refractivity contribution in [1.29, 1.82) is 5.26 Å². The Labute approximate surface area is 164 Å². The van der Waals surface area contributed by atoms with Crippen molar-refractivity contribution in [3.05, 3.63) is 95.6 Å². The van der Waals surface area contributed by atoms with Crippen LogP contribution in [0.2, 0.25) is 0 Å². The SMILES string of the molecule is Cc1ccc(C(=O)c2ccccc2N(CC#N)S(=O)(=O)c2ccccc2)cc1. The Morgan fingerprint density at radius 1 is 0.929 bits per heavy atom. The zero-order chi connectivity index (χ0) is 20.1. The Kier molecular flexibility index (Phi) is 5.57. The van der Waals surface area contributed by atoms with Crippen LogP contribution in [-0.2, 0) is 10.0 Å². The van der Waals surface area contributed by atoms with Gasteiger partial charge in [-0.3, -0.25) is 9.10 Å². The highest BCUT2D eigenvalue weighted by atomic mass is 32.2. The van der Waals surface area contributed by atoms with Crippen molar-refractivity contribution in [2.75, 3.05) is 10.8 Å². The van der Waals surface area contributed by atoms with Crippen LogP contribution in [0, 0.1) is 18.3 Å². The number of rotatable bonds is 6. The molecule has 0 aliphatic heterocycles. The Hall–Kier alpha value is -3.43. The summed E-state index contributed by atoms with van der Waals surface area (Å²) in [6.07, 6.45) is 0. The zero-order valence-electron chi connectivity index (χ0n) is 15.2. The quantitative estimate of drug-likeness (QED) is 0.472. The fraction of sp³-hybridized carbons (Fsp3) is 0.0909. The minimum atomic E-state index is -4.00. The van der Waals surface area contributed by atoms with Gasteiger partial charge in [-0.1, -0.05) is 60.2 Å². The number of ketones is 1. The van der Waals surface area contributed by atoms with Crippen molar-refractivity contribution in [3.63, 3.8) is 0 Å². The monoisotopic (exact) mass is 390 g/mol. The van der Waals surface area contributed by atoms with Gasteiger partial charge >= 0.3 is 0 Å². The Bertz CT molecular complexity index is 1130. The van der Waals surface area contributed by atoms with Crippen LogP contribution < -0.4 is 4.31 Å². The van der Waals surface area contributed by atoms with Gasteiger partial charge in [-0.25, -0.2) is 8.42 Å². The topological polar surface area (TPSA) is 78.2 Å². The van der Waals surface area contributed by atoms with E-state index >= 15 is 0 Å². The number of hydrogen-bond acceptors (Lipinski definition) is 4. The van der Waals surface area contributed by atoms with Crippen molar-refractivity contribution in [2.45, 2.75) is 11.8 Å². The molecule has 0 heterocycles. The van der Waals surface area contributed by atoms with E-state index in [0.29, 0.717) is 5.56 Å². The molecule has 28 heavy (non-hydrogen) atoms. The molecule has 0 spiro atoms. The first kappa shape index (κ1) is 19.3. The van der Waals surface area contributed by atoms with Gasteiger partial charge in [0.05, 0.1) is 16.7 Å². The van der Waals surface area contributed by atoms with Crippen LogP contribution in [0.3, 0.4) is 0 Å². The van der Waals surface area contributed by atoms with Crippen molar-refractivity contribution in [1.82, 2.24) is 0 Å². The van der Waals surface area contributed by atoms with Crippen LogP contribution in [0.5, 0.6) is 0 Å². The van der Waals surface area contributed by atoms with E-state index in [1.807, 2.05) is 25.1 Å². The van der Waals surface area contributed by atoms with Crippen LogP contribution in [0.15, 0.2) is 83.8 Å². The molecular formula is C22H18N2O3S. The molecular weight excluding hydrogens is 372 g/mol. The molecule has 0 radical (unpaired) electrons. The van der Waals surface area contributed by atoms with E-state index in [-0.39, 0.29) is 21.9 Å². The Balaban J connectivity index is 2.12. The van der Waals surface area contributed by atoms with E-state index < -0.39 is 16.6 Å². The number of hydrogen-bond donors (Lipinski definition) is 0. The molecule has 5 nitrogen and oxygen atoms in total. The van der Waals surface area contributed by atoms with Gasteiger partial charge in [-0.15, -0.1) is 0 Å². The minimum absolute atomic E-state index is 0.0582.